The number of rotatable bonds is 9. The Labute approximate surface area is 171 Å². The van der Waals surface area contributed by atoms with Gasteiger partial charge in [-0.05, 0) is 17.2 Å². The molecule has 30 heavy (non-hydrogen) atoms. The molecule has 0 aliphatic rings. The predicted molar refractivity (Wildman–Crippen MR) is 108 cm³/mol. The van der Waals surface area contributed by atoms with Crippen LogP contribution in [0, 0.1) is 5.41 Å². The smallest absolute Gasteiger partial charge is 0.335 e. The Balaban J connectivity index is 2.08. The molecule has 8 nitrogen and oxygen atoms in total. The number of aliphatic carboxylic acids is 1. The molecule has 0 bridgehead atoms. The fourth-order valence-corrected chi connectivity index (χ4v) is 2.53. The molecule has 1 atom stereocenters. The molecule has 0 saturated carbocycles. The van der Waals surface area contributed by atoms with E-state index in [9.17, 15) is 24.3 Å². The van der Waals surface area contributed by atoms with Gasteiger partial charge in [0.2, 0.25) is 11.6 Å². The first-order valence-electron chi connectivity index (χ1n) is 8.76. The van der Waals surface area contributed by atoms with Crippen molar-refractivity contribution in [1.82, 2.24) is 0 Å². The molecule has 2 aromatic carbocycles. The van der Waals surface area contributed by atoms with Crippen LogP contribution in [0.15, 0.2) is 54.6 Å². The van der Waals surface area contributed by atoms with Crippen molar-refractivity contribution < 1.29 is 34.1 Å². The molecule has 0 heterocycles. The van der Waals surface area contributed by atoms with Gasteiger partial charge in [0.25, 0.3) is 0 Å². The van der Waals surface area contributed by atoms with Gasteiger partial charge >= 0.3 is 11.9 Å². The fraction of sp³-hybridized carbons (Fsp3) is 0.136. The molecule has 3 N–H and O–H groups in total. The molecule has 0 amide bonds. The van der Waals surface area contributed by atoms with Crippen LogP contribution in [0.1, 0.15) is 38.3 Å². The van der Waals surface area contributed by atoms with Crippen LogP contribution in [0.4, 0.5) is 0 Å². The van der Waals surface area contributed by atoms with Crippen molar-refractivity contribution in [3.63, 3.8) is 0 Å². The Morgan fingerprint density at radius 3 is 1.87 bits per heavy atom. The van der Waals surface area contributed by atoms with Crippen LogP contribution >= 0.6 is 0 Å². The summed E-state index contributed by atoms with van der Waals surface area (Å²) >= 11 is 0. The lowest BCUT2D eigenvalue weighted by Gasteiger charge is -2.10. The molecule has 0 aromatic heterocycles. The summed E-state index contributed by atoms with van der Waals surface area (Å²) in [6.07, 6.45) is 0.620. The van der Waals surface area contributed by atoms with Crippen LogP contribution in [0.2, 0.25) is 0 Å². The Hall–Kier alpha value is -3.91. The first-order valence-corrected chi connectivity index (χ1v) is 8.76. The molecular weight excluding hydrogens is 390 g/mol. The van der Waals surface area contributed by atoms with Crippen LogP contribution in [0.3, 0.4) is 0 Å². The third kappa shape index (κ3) is 5.79. The van der Waals surface area contributed by atoms with E-state index in [1.54, 1.807) is 0 Å². The van der Waals surface area contributed by atoms with Gasteiger partial charge in [-0.1, -0.05) is 48.5 Å². The van der Waals surface area contributed by atoms with Gasteiger partial charge < -0.3 is 20.4 Å². The number of ketones is 2. The van der Waals surface area contributed by atoms with E-state index in [0.717, 1.165) is 13.2 Å². The van der Waals surface area contributed by atoms with Gasteiger partial charge in [-0.25, -0.2) is 9.59 Å². The van der Waals surface area contributed by atoms with E-state index < -0.39 is 29.6 Å². The molecule has 0 fully saturated rings. The highest BCUT2D eigenvalue weighted by atomic mass is 16.5. The van der Waals surface area contributed by atoms with Crippen molar-refractivity contribution in [2.45, 2.75) is 12.5 Å². The normalized spacial score (nSPS) is 11.7. The van der Waals surface area contributed by atoms with Crippen LogP contribution in [0.25, 0.3) is 6.08 Å². The molecule has 2 aromatic rings. The molecular formula is C22H19NO7. The number of methoxy groups -OCH3 is 1. The van der Waals surface area contributed by atoms with Crippen molar-refractivity contribution in [3.05, 3.63) is 76.9 Å². The second-order valence-electron chi connectivity index (χ2n) is 6.25. The van der Waals surface area contributed by atoms with Crippen molar-refractivity contribution in [2.24, 2.45) is 0 Å². The van der Waals surface area contributed by atoms with Gasteiger partial charge in [-0.2, -0.15) is 0 Å². The minimum absolute atomic E-state index is 0.0248. The first kappa shape index (κ1) is 22.4. The summed E-state index contributed by atoms with van der Waals surface area (Å²) in [5.74, 6) is -3.41. The highest BCUT2D eigenvalue weighted by Gasteiger charge is 2.20. The summed E-state index contributed by atoms with van der Waals surface area (Å²) in [5.41, 5.74) is 1.21. The summed E-state index contributed by atoms with van der Waals surface area (Å²) in [6.45, 7) is 0. The zero-order valence-corrected chi connectivity index (χ0v) is 16.0. The van der Waals surface area contributed by atoms with E-state index in [-0.39, 0.29) is 23.3 Å². The van der Waals surface area contributed by atoms with Crippen molar-refractivity contribution in [1.29, 1.82) is 5.41 Å². The van der Waals surface area contributed by atoms with E-state index in [2.05, 4.69) is 4.74 Å². The summed E-state index contributed by atoms with van der Waals surface area (Å²) in [5, 5.41) is 26.2. The third-order valence-electron chi connectivity index (χ3n) is 4.16. The number of nitrogens with one attached hydrogen (secondary N) is 1. The number of aliphatic hydroxyl groups is 1. The van der Waals surface area contributed by atoms with Crippen LogP contribution in [0.5, 0.6) is 0 Å². The molecule has 0 aliphatic heterocycles. The number of hydrogen-bond donors (Lipinski definition) is 3. The van der Waals surface area contributed by atoms with Crippen molar-refractivity contribution in [3.8, 4) is 0 Å². The minimum atomic E-state index is -1.46. The number of carbonyl (C=O) groups excluding carboxylic acids is 3. The topological polar surface area (TPSA) is 142 Å². The summed E-state index contributed by atoms with van der Waals surface area (Å²) < 4.78 is 4.40. The quantitative estimate of drug-likeness (QED) is 0.189. The van der Waals surface area contributed by atoms with E-state index in [0.29, 0.717) is 11.1 Å². The maximum Gasteiger partial charge on any atom is 0.335 e. The molecule has 0 spiro atoms. The number of carbonyl (C=O) groups is 4. The highest BCUT2D eigenvalue weighted by Crippen LogP contribution is 2.13. The molecule has 2 rings (SSSR count). The fourth-order valence-electron chi connectivity index (χ4n) is 2.53. The molecule has 0 aliphatic carbocycles. The lowest BCUT2D eigenvalue weighted by molar-refractivity contribution is -0.149. The number of ether oxygens (including phenoxy) is 1. The minimum Gasteiger partial charge on any atom is -0.478 e. The van der Waals surface area contributed by atoms with Gasteiger partial charge in [-0.3, -0.25) is 9.59 Å². The van der Waals surface area contributed by atoms with Gasteiger partial charge in [-0.15, -0.1) is 0 Å². The number of hydrogen-bond acceptors (Lipinski definition) is 7. The average Bonchev–Trinajstić information content (AvgIpc) is 2.76. The van der Waals surface area contributed by atoms with Crippen LogP contribution in [-0.4, -0.2) is 52.6 Å². The van der Waals surface area contributed by atoms with Crippen molar-refractivity contribution in [2.75, 3.05) is 7.11 Å². The van der Waals surface area contributed by atoms with Gasteiger partial charge in [0, 0.05) is 29.3 Å². The lowest BCUT2D eigenvalue weighted by atomic mass is 9.98. The molecule has 8 heteroatoms. The Kier molecular flexibility index (Phi) is 7.49. The number of esters is 1. The van der Waals surface area contributed by atoms with E-state index in [1.165, 1.54) is 54.6 Å². The average molecular weight is 409 g/mol. The Morgan fingerprint density at radius 1 is 0.933 bits per heavy atom. The van der Waals surface area contributed by atoms with Crippen molar-refractivity contribution >= 4 is 35.3 Å². The number of Topliss-reactive ketones (excluding diaryl/α,β-unsaturated/α-hetero) is 2. The molecule has 0 saturated heterocycles. The zero-order chi connectivity index (χ0) is 22.3. The van der Waals surface area contributed by atoms with Gasteiger partial charge in [0.05, 0.1) is 7.11 Å². The first-order chi connectivity index (χ1) is 14.2. The number of benzene rings is 2. The molecule has 0 radical (unpaired) electrons. The number of aliphatic hydroxyl groups excluding tert-OH is 1. The van der Waals surface area contributed by atoms with E-state index in [1.807, 2.05) is 0 Å². The second kappa shape index (κ2) is 10.0. The number of carboxylic acid groups (broad SMARTS) is 1. The monoisotopic (exact) mass is 409 g/mol. The Morgan fingerprint density at radius 2 is 1.40 bits per heavy atom. The Bertz CT molecular complexity index is 1000. The third-order valence-corrected chi connectivity index (χ3v) is 4.16. The van der Waals surface area contributed by atoms with Crippen LogP contribution in [-0.2, 0) is 14.3 Å². The zero-order valence-electron chi connectivity index (χ0n) is 16.0. The largest absolute Gasteiger partial charge is 0.478 e. The van der Waals surface area contributed by atoms with E-state index >= 15 is 0 Å². The summed E-state index contributed by atoms with van der Waals surface area (Å²) in [7, 11) is 1.13. The SMILES string of the molecule is COC(=O)C(O)CC(=N)c1ccc(C(=O)C(=O)c2ccc(/C=C/C(=O)O)cc2)cc1. The maximum atomic E-state index is 12.4. The standard InChI is InChI=1S/C22H19NO7/c1-30-22(29)18(24)12-17(23)14-7-9-16(10-8-14)21(28)20(27)15-5-2-13(3-6-15)4-11-19(25)26/h2-11,18,23-24H,12H2,1H3,(H,25,26)/b11-4+,23-17?. The second-order valence-corrected chi connectivity index (χ2v) is 6.25. The molecule has 154 valence electrons. The highest BCUT2D eigenvalue weighted by molar-refractivity contribution is 6.49. The predicted octanol–water partition coefficient (Wildman–Crippen LogP) is 2.14. The lowest BCUT2D eigenvalue weighted by Crippen LogP contribution is -2.25. The van der Waals surface area contributed by atoms with Crippen LogP contribution < -0.4 is 0 Å². The van der Waals surface area contributed by atoms with E-state index in [4.69, 9.17) is 10.5 Å². The maximum absolute atomic E-state index is 12.4. The van der Waals surface area contributed by atoms with Gasteiger partial charge in [0.15, 0.2) is 6.10 Å². The van der Waals surface area contributed by atoms with Gasteiger partial charge in [0.1, 0.15) is 0 Å². The summed E-state index contributed by atoms with van der Waals surface area (Å²) in [6, 6.07) is 11.6. The molecule has 1 unspecified atom stereocenters. The summed E-state index contributed by atoms with van der Waals surface area (Å²) in [4.78, 5) is 46.6. The number of carboxylic acids is 1.